The Labute approximate surface area is 351 Å². The Bertz CT molecular complexity index is 1590. The first-order valence-electron chi connectivity index (χ1n) is 20.8. The van der Waals surface area contributed by atoms with Crippen molar-refractivity contribution in [1.29, 1.82) is 0 Å². The minimum atomic E-state index is -1.49. The smallest absolute Gasteiger partial charge is 0.305 e. The second kappa shape index (κ2) is 27.9. The molecule has 0 spiro atoms. The fourth-order valence-electron chi connectivity index (χ4n) is 5.73. The first-order valence-corrected chi connectivity index (χ1v) is 20.8. The van der Waals surface area contributed by atoms with Crippen LogP contribution in [0.25, 0.3) is 0 Å². The van der Waals surface area contributed by atoms with Crippen LogP contribution >= 0.6 is 0 Å². The number of hydrogen-bond donors (Lipinski definition) is 3. The summed E-state index contributed by atoms with van der Waals surface area (Å²) >= 11 is 0. The molecular weight excluding hydrogens is 729 g/mol. The number of esters is 1. The third-order valence-electron chi connectivity index (χ3n) is 9.80. The molecule has 3 N–H and O–H groups in total. The van der Waals surface area contributed by atoms with Crippen LogP contribution in [0, 0.1) is 0 Å². The number of methoxy groups -OCH3 is 1. The van der Waals surface area contributed by atoms with E-state index in [1.165, 1.54) is 22.3 Å². The highest BCUT2D eigenvalue weighted by molar-refractivity contribution is 5.68. The van der Waals surface area contributed by atoms with Crippen molar-refractivity contribution < 1.29 is 39.1 Å². The highest BCUT2D eigenvalue weighted by Crippen LogP contribution is 2.29. The second-order valence-corrected chi connectivity index (χ2v) is 16.6. The van der Waals surface area contributed by atoms with Crippen LogP contribution in [-0.4, -0.2) is 76.9 Å². The average molecular weight is 805 g/mol. The Morgan fingerprint density at radius 1 is 0.603 bits per heavy atom. The number of rotatable bonds is 24. The van der Waals surface area contributed by atoms with Crippen LogP contribution in [0.3, 0.4) is 0 Å². The fraction of sp³-hybridized carbons (Fsp3) is 0.540. The highest BCUT2D eigenvalue weighted by atomic mass is 16.7. The molecule has 0 saturated carbocycles. The van der Waals surface area contributed by atoms with Crippen molar-refractivity contribution in [2.45, 2.75) is 163 Å². The maximum atomic E-state index is 11.6. The predicted molar refractivity (Wildman–Crippen MR) is 240 cm³/mol. The van der Waals surface area contributed by atoms with Gasteiger partial charge >= 0.3 is 5.97 Å². The van der Waals surface area contributed by atoms with Crippen molar-refractivity contribution in [3.05, 3.63) is 131 Å². The number of hydrogen-bond acceptors (Lipinski definition) is 8. The molecule has 324 valence electrons. The van der Waals surface area contributed by atoms with Crippen molar-refractivity contribution in [3.8, 4) is 0 Å². The lowest BCUT2D eigenvalue weighted by Gasteiger charge is -2.42. The van der Waals surface area contributed by atoms with E-state index in [2.05, 4.69) is 153 Å². The average Bonchev–Trinajstić information content (AvgIpc) is 3.15. The molecule has 8 heteroatoms. The third kappa shape index (κ3) is 23.7. The Hall–Kier alpha value is -3.63. The molecule has 5 atom stereocenters. The topological polar surface area (TPSA) is 115 Å². The standard InChI is InChI=1S/C50H76O8/c1-13-44(51)56-36-43-45(52)46(53)47(54)48(57-43)58-50(10,11)35-21-33-42(7)31-19-29-40(5)27-17-25-38(3)23-15-14-22-37(2)24-16-26-39(4)28-18-30-41(6)32-20-34-49(8,9)55-12/h14-19,22-31,43,45-48,52-54H,13,20-21,32-36H2,1-12H3. The molecule has 1 saturated heterocycles. The SMILES string of the molecule is CCC(=O)OCC1OC(OC(C)(C)CCCC(C)=CC=CC(C)=CC=CC(C)=CC=CC=C(C)C=CC=C(C)C=CC=C(C)CCCC(C)(C)OC)C(O)C(O)C1O. The minimum absolute atomic E-state index is 0.0553. The van der Waals surface area contributed by atoms with E-state index in [4.69, 9.17) is 18.9 Å². The molecule has 1 aliphatic rings. The molecule has 58 heavy (non-hydrogen) atoms. The predicted octanol–water partition coefficient (Wildman–Crippen LogP) is 10.8. The normalized spacial score (nSPS) is 22.8. The van der Waals surface area contributed by atoms with Gasteiger partial charge in [-0.25, -0.2) is 0 Å². The maximum Gasteiger partial charge on any atom is 0.305 e. The lowest BCUT2D eigenvalue weighted by molar-refractivity contribution is -0.324. The summed E-state index contributed by atoms with van der Waals surface area (Å²) in [5.74, 6) is -0.446. The fourth-order valence-corrected chi connectivity index (χ4v) is 5.73. The summed E-state index contributed by atoms with van der Waals surface area (Å²) in [6.07, 6.45) is 32.8. The summed E-state index contributed by atoms with van der Waals surface area (Å²) in [7, 11) is 1.78. The summed E-state index contributed by atoms with van der Waals surface area (Å²) in [6, 6.07) is 0. The monoisotopic (exact) mass is 805 g/mol. The molecule has 1 fully saturated rings. The summed E-state index contributed by atoms with van der Waals surface area (Å²) in [5.41, 5.74) is 6.52. The van der Waals surface area contributed by atoms with Crippen molar-refractivity contribution in [3.63, 3.8) is 0 Å². The van der Waals surface area contributed by atoms with E-state index in [9.17, 15) is 20.1 Å². The van der Waals surface area contributed by atoms with Crippen LogP contribution in [0.5, 0.6) is 0 Å². The Kier molecular flexibility index (Phi) is 25.2. The summed E-state index contributed by atoms with van der Waals surface area (Å²) < 4.78 is 22.4. The molecule has 5 unspecified atom stereocenters. The van der Waals surface area contributed by atoms with Crippen LogP contribution in [0.4, 0.5) is 0 Å². The molecule has 1 heterocycles. The van der Waals surface area contributed by atoms with Crippen molar-refractivity contribution >= 4 is 5.97 Å². The number of ether oxygens (including phenoxy) is 4. The number of aliphatic hydroxyl groups is 3. The van der Waals surface area contributed by atoms with Gasteiger partial charge < -0.3 is 34.3 Å². The van der Waals surface area contributed by atoms with Crippen LogP contribution in [0.1, 0.15) is 121 Å². The van der Waals surface area contributed by atoms with E-state index >= 15 is 0 Å². The molecular formula is C50H76O8. The van der Waals surface area contributed by atoms with Crippen LogP contribution in [-0.2, 0) is 23.7 Å². The van der Waals surface area contributed by atoms with Crippen LogP contribution in [0.2, 0.25) is 0 Å². The quantitative estimate of drug-likeness (QED) is 0.0653. The molecule has 0 amide bonds. The minimum Gasteiger partial charge on any atom is -0.463 e. The maximum absolute atomic E-state index is 11.6. The molecule has 1 aliphatic heterocycles. The van der Waals surface area contributed by atoms with E-state index in [-0.39, 0.29) is 18.6 Å². The molecule has 0 bridgehead atoms. The zero-order valence-corrected chi connectivity index (χ0v) is 37.7. The van der Waals surface area contributed by atoms with Gasteiger partial charge in [0.2, 0.25) is 0 Å². The van der Waals surface area contributed by atoms with Gasteiger partial charge in [0, 0.05) is 13.5 Å². The van der Waals surface area contributed by atoms with Crippen LogP contribution < -0.4 is 0 Å². The van der Waals surface area contributed by atoms with Crippen molar-refractivity contribution in [2.75, 3.05) is 13.7 Å². The third-order valence-corrected chi connectivity index (χ3v) is 9.80. The molecule has 8 nitrogen and oxygen atoms in total. The highest BCUT2D eigenvalue weighted by Gasteiger charge is 2.46. The van der Waals surface area contributed by atoms with Crippen molar-refractivity contribution in [1.82, 2.24) is 0 Å². The van der Waals surface area contributed by atoms with E-state index < -0.39 is 42.3 Å². The zero-order valence-electron chi connectivity index (χ0n) is 37.7. The van der Waals surface area contributed by atoms with Gasteiger partial charge in [-0.05, 0) is 108 Å². The van der Waals surface area contributed by atoms with Gasteiger partial charge in [-0.3, -0.25) is 4.79 Å². The summed E-state index contributed by atoms with van der Waals surface area (Å²) in [6.45, 7) is 22.1. The molecule has 0 aliphatic carbocycles. The van der Waals surface area contributed by atoms with Crippen molar-refractivity contribution in [2.24, 2.45) is 0 Å². The van der Waals surface area contributed by atoms with E-state index in [1.54, 1.807) is 14.0 Å². The number of aliphatic hydroxyl groups excluding tert-OH is 3. The van der Waals surface area contributed by atoms with Gasteiger partial charge in [-0.15, -0.1) is 0 Å². The van der Waals surface area contributed by atoms with E-state index in [1.807, 2.05) is 13.8 Å². The van der Waals surface area contributed by atoms with Gasteiger partial charge in [0.25, 0.3) is 0 Å². The van der Waals surface area contributed by atoms with Gasteiger partial charge in [-0.1, -0.05) is 138 Å². The van der Waals surface area contributed by atoms with E-state index in [0.29, 0.717) is 6.42 Å². The first-order chi connectivity index (χ1) is 27.3. The Morgan fingerprint density at radius 2 is 1.02 bits per heavy atom. The Morgan fingerprint density at radius 3 is 1.45 bits per heavy atom. The van der Waals surface area contributed by atoms with Gasteiger partial charge in [0.05, 0.1) is 11.2 Å². The van der Waals surface area contributed by atoms with E-state index in [0.717, 1.165) is 43.3 Å². The first kappa shape index (κ1) is 52.4. The van der Waals surface area contributed by atoms with Gasteiger partial charge in [0.15, 0.2) is 6.29 Å². The number of allylic oxidation sites excluding steroid dienone is 22. The zero-order chi connectivity index (χ0) is 43.7. The molecule has 0 aromatic rings. The summed E-state index contributed by atoms with van der Waals surface area (Å²) in [5, 5.41) is 31.1. The van der Waals surface area contributed by atoms with Gasteiger partial charge in [-0.2, -0.15) is 0 Å². The number of carbonyl (C=O) groups excluding carboxylic acids is 1. The van der Waals surface area contributed by atoms with Crippen LogP contribution in [0.15, 0.2) is 131 Å². The summed E-state index contributed by atoms with van der Waals surface area (Å²) in [4.78, 5) is 11.6. The molecule has 0 aromatic heterocycles. The molecule has 1 rings (SSSR count). The lowest BCUT2D eigenvalue weighted by atomic mass is 9.96. The second-order valence-electron chi connectivity index (χ2n) is 16.6. The Balaban J connectivity index is 2.53. The largest absolute Gasteiger partial charge is 0.463 e. The molecule has 0 aromatic carbocycles. The van der Waals surface area contributed by atoms with Gasteiger partial charge in [0.1, 0.15) is 31.0 Å². The number of carbonyl (C=O) groups is 1. The molecule has 0 radical (unpaired) electrons. The lowest BCUT2D eigenvalue weighted by Crippen LogP contribution is -2.60.